The molecule has 212 valence electrons. The molecule has 39 heavy (non-hydrogen) atoms. The molecule has 0 aromatic carbocycles. The highest BCUT2D eigenvalue weighted by atomic mass is 19.4. The largest absolute Gasteiger partial charge is 0.433 e. The van der Waals surface area contributed by atoms with E-state index < -0.39 is 11.9 Å². The fraction of sp³-hybridized carbons (Fsp3) is 0.593. The number of H-pyrrole nitrogens is 1. The van der Waals surface area contributed by atoms with Crippen molar-refractivity contribution in [3.8, 4) is 11.3 Å². The summed E-state index contributed by atoms with van der Waals surface area (Å²) in [6.07, 6.45) is 2.13. The number of alkyl halides is 3. The summed E-state index contributed by atoms with van der Waals surface area (Å²) in [5.74, 6) is -0.0190. The lowest BCUT2D eigenvalue weighted by Gasteiger charge is -2.36. The Balaban J connectivity index is 1.53. The number of hydrazone groups is 1. The van der Waals surface area contributed by atoms with Crippen LogP contribution in [0.15, 0.2) is 17.4 Å². The Morgan fingerprint density at radius 3 is 2.62 bits per heavy atom. The summed E-state index contributed by atoms with van der Waals surface area (Å²) in [5.41, 5.74) is 10.8. The average molecular weight is 546 g/mol. The summed E-state index contributed by atoms with van der Waals surface area (Å²) < 4.78 is 41.7. The van der Waals surface area contributed by atoms with Gasteiger partial charge in [-0.15, -0.1) is 0 Å². The monoisotopic (exact) mass is 545 g/mol. The Kier molecular flexibility index (Phi) is 7.97. The number of piperazine rings is 1. The molecule has 0 radical (unpaired) electrons. The van der Waals surface area contributed by atoms with Crippen molar-refractivity contribution in [2.45, 2.75) is 51.7 Å². The first kappa shape index (κ1) is 27.6. The quantitative estimate of drug-likeness (QED) is 0.446. The summed E-state index contributed by atoms with van der Waals surface area (Å²) in [6, 6.07) is -0.0207. The number of aromatic amines is 1. The molecule has 12 heteroatoms. The minimum absolute atomic E-state index is 0.00341. The van der Waals surface area contributed by atoms with Crippen LogP contribution in [0, 0.1) is 6.92 Å². The number of aromatic nitrogens is 3. The van der Waals surface area contributed by atoms with Gasteiger partial charge in [0, 0.05) is 57.9 Å². The highest BCUT2D eigenvalue weighted by Gasteiger charge is 2.40. The second-order valence-corrected chi connectivity index (χ2v) is 10.5. The summed E-state index contributed by atoms with van der Waals surface area (Å²) >= 11 is 0. The second-order valence-electron chi connectivity index (χ2n) is 10.5. The van der Waals surface area contributed by atoms with Gasteiger partial charge >= 0.3 is 6.18 Å². The van der Waals surface area contributed by atoms with E-state index in [1.807, 2.05) is 20.1 Å². The molecule has 2 unspecified atom stereocenters. The van der Waals surface area contributed by atoms with E-state index in [0.29, 0.717) is 12.1 Å². The SMILES string of the molecule is CCCc1c(-c2cn[nH]c2C(F)(F)F)nc2c(c1C)C1C=NNC1C=C2N(CC)CCNN1CCN(C)CC1. The van der Waals surface area contributed by atoms with Crippen LogP contribution in [0.5, 0.6) is 0 Å². The van der Waals surface area contributed by atoms with Crippen molar-refractivity contribution in [1.82, 2.24) is 40.8 Å². The lowest BCUT2D eigenvalue weighted by atomic mass is 9.80. The Morgan fingerprint density at radius 1 is 1.15 bits per heavy atom. The van der Waals surface area contributed by atoms with Crippen LogP contribution < -0.4 is 10.9 Å². The van der Waals surface area contributed by atoms with Crippen molar-refractivity contribution in [1.29, 1.82) is 0 Å². The molecule has 0 amide bonds. The van der Waals surface area contributed by atoms with Crippen LogP contribution in [0.25, 0.3) is 17.0 Å². The molecule has 2 aromatic rings. The van der Waals surface area contributed by atoms with E-state index in [1.165, 1.54) is 6.20 Å². The number of halogens is 3. The van der Waals surface area contributed by atoms with Crippen LogP contribution >= 0.6 is 0 Å². The molecular weight excluding hydrogens is 507 g/mol. The van der Waals surface area contributed by atoms with E-state index in [0.717, 1.165) is 80.3 Å². The first-order chi connectivity index (χ1) is 18.7. The minimum atomic E-state index is -4.56. The molecule has 2 aromatic heterocycles. The standard InChI is InChI=1S/C27H38F3N9/c1-5-7-18-17(3)23-19-15-31-35-21(19)14-22(38(6-2)9-8-33-39-12-10-37(4)11-13-39)25(23)34-24(18)20-16-32-36-26(20)27(28,29)30/h14-16,19,21,33,35H,5-13H2,1-4H3,(H,32,36). The number of pyridine rings is 1. The van der Waals surface area contributed by atoms with Crippen LogP contribution in [0.4, 0.5) is 13.2 Å². The van der Waals surface area contributed by atoms with Crippen molar-refractivity contribution in [2.75, 3.05) is 52.9 Å². The van der Waals surface area contributed by atoms with Crippen molar-refractivity contribution in [3.63, 3.8) is 0 Å². The summed E-state index contributed by atoms with van der Waals surface area (Å²) in [4.78, 5) is 9.60. The Hall–Kier alpha value is -2.96. The second kappa shape index (κ2) is 11.3. The number of nitrogens with zero attached hydrogens (tertiary/aromatic N) is 6. The zero-order valence-electron chi connectivity index (χ0n) is 23.1. The van der Waals surface area contributed by atoms with Crippen LogP contribution in [0.3, 0.4) is 0 Å². The van der Waals surface area contributed by atoms with Gasteiger partial charge in [0.15, 0.2) is 0 Å². The first-order valence-corrected chi connectivity index (χ1v) is 13.8. The summed E-state index contributed by atoms with van der Waals surface area (Å²) in [7, 11) is 2.13. The van der Waals surface area contributed by atoms with Crippen LogP contribution in [0.2, 0.25) is 0 Å². The fourth-order valence-electron chi connectivity index (χ4n) is 5.86. The number of hydrogen-bond donors (Lipinski definition) is 3. The molecule has 3 N–H and O–H groups in total. The zero-order chi connectivity index (χ0) is 27.7. The number of hydrazine groups is 1. The number of nitrogens with one attached hydrogen (secondary N) is 3. The molecule has 0 spiro atoms. The van der Waals surface area contributed by atoms with E-state index in [9.17, 15) is 13.2 Å². The first-order valence-electron chi connectivity index (χ1n) is 13.8. The van der Waals surface area contributed by atoms with Crippen LogP contribution in [-0.2, 0) is 12.6 Å². The number of fused-ring (bicyclic) bond motifs is 3. The van der Waals surface area contributed by atoms with Crippen LogP contribution in [-0.4, -0.2) is 95.1 Å². The number of likely N-dealkylation sites (N-methyl/N-ethyl adjacent to an activating group) is 2. The van der Waals surface area contributed by atoms with Gasteiger partial charge in [-0.2, -0.15) is 23.4 Å². The minimum Gasteiger partial charge on any atom is -0.369 e. The van der Waals surface area contributed by atoms with Gasteiger partial charge in [0.05, 0.1) is 34.9 Å². The molecule has 1 aliphatic carbocycles. The van der Waals surface area contributed by atoms with Crippen molar-refractivity contribution >= 4 is 11.9 Å². The smallest absolute Gasteiger partial charge is 0.369 e. The number of rotatable bonds is 9. The lowest BCUT2D eigenvalue weighted by molar-refractivity contribution is -0.140. The molecule has 0 bridgehead atoms. The molecule has 5 rings (SSSR count). The van der Waals surface area contributed by atoms with Crippen molar-refractivity contribution < 1.29 is 13.2 Å². The van der Waals surface area contributed by atoms with Crippen molar-refractivity contribution in [3.05, 3.63) is 40.4 Å². The van der Waals surface area contributed by atoms with E-state index in [-0.39, 0.29) is 17.5 Å². The summed E-state index contributed by atoms with van der Waals surface area (Å²) in [6.45, 7) is 12.3. The summed E-state index contributed by atoms with van der Waals surface area (Å²) in [5, 5.41) is 12.6. The van der Waals surface area contributed by atoms with Gasteiger partial charge in [-0.1, -0.05) is 13.3 Å². The Bertz CT molecular complexity index is 1230. The molecule has 4 heterocycles. The third-order valence-electron chi connectivity index (χ3n) is 8.00. The molecule has 0 saturated carbocycles. The third-order valence-corrected chi connectivity index (χ3v) is 8.00. The van der Waals surface area contributed by atoms with E-state index >= 15 is 0 Å². The van der Waals surface area contributed by atoms with Gasteiger partial charge in [-0.3, -0.25) is 10.5 Å². The average Bonchev–Trinajstić information content (AvgIpc) is 3.58. The number of hydrogen-bond acceptors (Lipinski definition) is 8. The van der Waals surface area contributed by atoms with Gasteiger partial charge in [-0.25, -0.2) is 9.99 Å². The zero-order valence-corrected chi connectivity index (χ0v) is 23.1. The maximum absolute atomic E-state index is 13.9. The molecule has 2 atom stereocenters. The predicted molar refractivity (Wildman–Crippen MR) is 146 cm³/mol. The molecule has 9 nitrogen and oxygen atoms in total. The third kappa shape index (κ3) is 5.42. The van der Waals surface area contributed by atoms with E-state index in [4.69, 9.17) is 4.98 Å². The lowest BCUT2D eigenvalue weighted by Crippen LogP contribution is -2.52. The molecule has 2 aliphatic heterocycles. The molecule has 1 saturated heterocycles. The molecule has 1 fully saturated rings. The normalized spacial score (nSPS) is 21.5. The van der Waals surface area contributed by atoms with Crippen molar-refractivity contribution in [2.24, 2.45) is 5.10 Å². The topological polar surface area (TPSA) is 87.7 Å². The molecular formula is C27H38F3N9. The van der Waals surface area contributed by atoms with Gasteiger partial charge < -0.3 is 15.2 Å². The Labute approximate surface area is 227 Å². The molecule has 3 aliphatic rings. The maximum atomic E-state index is 13.9. The van der Waals surface area contributed by atoms with Crippen LogP contribution in [0.1, 0.15) is 54.3 Å². The highest BCUT2D eigenvalue weighted by molar-refractivity contribution is 5.83. The fourth-order valence-corrected chi connectivity index (χ4v) is 5.86. The van der Waals surface area contributed by atoms with Gasteiger partial charge in [0.2, 0.25) is 0 Å². The van der Waals surface area contributed by atoms with Gasteiger partial charge in [0.1, 0.15) is 5.69 Å². The predicted octanol–water partition coefficient (Wildman–Crippen LogP) is 3.22. The highest BCUT2D eigenvalue weighted by Crippen LogP contribution is 2.43. The maximum Gasteiger partial charge on any atom is 0.433 e. The Morgan fingerprint density at radius 2 is 1.92 bits per heavy atom. The van der Waals surface area contributed by atoms with E-state index in [2.05, 4.69) is 61.0 Å². The van der Waals surface area contributed by atoms with E-state index in [1.54, 1.807) is 0 Å². The van der Waals surface area contributed by atoms with Gasteiger partial charge in [-0.05, 0) is 50.1 Å². The van der Waals surface area contributed by atoms with Gasteiger partial charge in [0.25, 0.3) is 0 Å².